The molecule has 1 atom stereocenters. The van der Waals surface area contributed by atoms with E-state index >= 15 is 0 Å². The van der Waals surface area contributed by atoms with E-state index < -0.39 is 4.92 Å². The van der Waals surface area contributed by atoms with E-state index in [1.54, 1.807) is 6.07 Å². The molecule has 1 aromatic rings. The van der Waals surface area contributed by atoms with Crippen LogP contribution in [0.3, 0.4) is 0 Å². The van der Waals surface area contributed by atoms with Gasteiger partial charge < -0.3 is 16.4 Å². The van der Waals surface area contributed by atoms with Crippen molar-refractivity contribution >= 4 is 17.3 Å². The summed E-state index contributed by atoms with van der Waals surface area (Å²) in [6.45, 7) is 1.91. The predicted molar refractivity (Wildman–Crippen MR) is 69.4 cm³/mol. The van der Waals surface area contributed by atoms with Crippen LogP contribution in [0, 0.1) is 10.1 Å². The highest BCUT2D eigenvalue weighted by molar-refractivity contribution is 5.57. The van der Waals surface area contributed by atoms with E-state index in [1.807, 2.05) is 0 Å². The van der Waals surface area contributed by atoms with Crippen molar-refractivity contribution < 1.29 is 4.92 Å². The van der Waals surface area contributed by atoms with E-state index in [0.717, 1.165) is 25.9 Å². The van der Waals surface area contributed by atoms with Crippen LogP contribution in [0.2, 0.25) is 0 Å². The van der Waals surface area contributed by atoms with Crippen LogP contribution in [0.4, 0.5) is 17.3 Å². The summed E-state index contributed by atoms with van der Waals surface area (Å²) >= 11 is 0. The van der Waals surface area contributed by atoms with Crippen molar-refractivity contribution in [1.29, 1.82) is 0 Å². The smallest absolute Gasteiger partial charge is 0.311 e. The molecule has 1 saturated heterocycles. The summed E-state index contributed by atoms with van der Waals surface area (Å²) in [5.74, 6) is 0.540. The van der Waals surface area contributed by atoms with Crippen molar-refractivity contribution in [2.75, 3.05) is 24.1 Å². The third-order valence-corrected chi connectivity index (χ3v) is 3.00. The first kappa shape index (κ1) is 12.6. The lowest BCUT2D eigenvalue weighted by atomic mass is 10.1. The number of hydrogen-bond acceptors (Lipinski definition) is 6. The van der Waals surface area contributed by atoms with Gasteiger partial charge >= 0.3 is 5.69 Å². The van der Waals surface area contributed by atoms with Gasteiger partial charge in [0.05, 0.1) is 4.92 Å². The standard InChI is InChI=1S/C11H17N5O2/c12-11-9(16(17)18)4-5-10(15-11)14-8-3-1-2-6-13-7-8/h4-5,8,13H,1-3,6-7H2,(H3,12,14,15). The molecule has 0 radical (unpaired) electrons. The van der Waals surface area contributed by atoms with Gasteiger partial charge in [0.1, 0.15) is 5.82 Å². The molecule has 7 nitrogen and oxygen atoms in total. The van der Waals surface area contributed by atoms with Crippen molar-refractivity contribution in [2.24, 2.45) is 0 Å². The quantitative estimate of drug-likeness (QED) is 0.549. The van der Waals surface area contributed by atoms with E-state index in [9.17, 15) is 10.1 Å². The summed E-state index contributed by atoms with van der Waals surface area (Å²) in [5.41, 5.74) is 5.40. The van der Waals surface area contributed by atoms with Crippen molar-refractivity contribution in [3.05, 3.63) is 22.2 Å². The minimum Gasteiger partial charge on any atom is -0.378 e. The minimum absolute atomic E-state index is 0.0495. The van der Waals surface area contributed by atoms with E-state index in [4.69, 9.17) is 5.73 Å². The first-order valence-electron chi connectivity index (χ1n) is 6.05. The predicted octanol–water partition coefficient (Wildman–Crippen LogP) is 1.13. The maximum absolute atomic E-state index is 10.6. The molecule has 0 spiro atoms. The summed E-state index contributed by atoms with van der Waals surface area (Å²) in [6.07, 6.45) is 3.40. The third-order valence-electron chi connectivity index (χ3n) is 3.00. The Morgan fingerprint density at radius 1 is 1.50 bits per heavy atom. The van der Waals surface area contributed by atoms with Crippen molar-refractivity contribution in [1.82, 2.24) is 10.3 Å². The Labute approximate surface area is 105 Å². The van der Waals surface area contributed by atoms with Gasteiger partial charge in [-0.15, -0.1) is 0 Å². The number of pyridine rings is 1. The van der Waals surface area contributed by atoms with E-state index in [2.05, 4.69) is 15.6 Å². The molecule has 1 unspecified atom stereocenters. The molecule has 0 saturated carbocycles. The summed E-state index contributed by atoms with van der Waals surface area (Å²) in [7, 11) is 0. The molecule has 98 valence electrons. The number of nitrogens with zero attached hydrogens (tertiary/aromatic N) is 2. The lowest BCUT2D eigenvalue weighted by Crippen LogP contribution is -2.31. The number of nitro groups is 1. The van der Waals surface area contributed by atoms with Crippen LogP contribution in [-0.2, 0) is 0 Å². The van der Waals surface area contributed by atoms with E-state index in [0.29, 0.717) is 11.9 Å². The lowest BCUT2D eigenvalue weighted by molar-refractivity contribution is -0.384. The second-order valence-corrected chi connectivity index (χ2v) is 4.40. The van der Waals surface area contributed by atoms with Gasteiger partial charge in [0.25, 0.3) is 0 Å². The number of rotatable bonds is 3. The average molecular weight is 251 g/mol. The Kier molecular flexibility index (Phi) is 3.93. The van der Waals surface area contributed by atoms with Crippen molar-refractivity contribution in [3.63, 3.8) is 0 Å². The Morgan fingerprint density at radius 3 is 3.06 bits per heavy atom. The molecule has 7 heteroatoms. The largest absolute Gasteiger partial charge is 0.378 e. The van der Waals surface area contributed by atoms with Gasteiger partial charge in [0, 0.05) is 18.7 Å². The highest BCUT2D eigenvalue weighted by Crippen LogP contribution is 2.21. The summed E-state index contributed by atoms with van der Waals surface area (Å²) < 4.78 is 0. The molecule has 18 heavy (non-hydrogen) atoms. The number of aromatic nitrogens is 1. The normalized spacial score (nSPS) is 20.1. The summed E-state index contributed by atoms with van der Waals surface area (Å²) in [5, 5.41) is 17.2. The molecule has 2 heterocycles. The van der Waals surface area contributed by atoms with Crippen LogP contribution in [0.5, 0.6) is 0 Å². The fraction of sp³-hybridized carbons (Fsp3) is 0.545. The monoisotopic (exact) mass is 251 g/mol. The fourth-order valence-electron chi connectivity index (χ4n) is 2.05. The average Bonchev–Trinajstić information content (AvgIpc) is 2.57. The molecule has 0 aromatic carbocycles. The molecule has 1 aromatic heterocycles. The first-order valence-corrected chi connectivity index (χ1v) is 6.05. The summed E-state index contributed by atoms with van der Waals surface area (Å²) in [4.78, 5) is 14.1. The van der Waals surface area contributed by atoms with Crippen LogP contribution in [0.1, 0.15) is 19.3 Å². The Morgan fingerprint density at radius 2 is 2.33 bits per heavy atom. The van der Waals surface area contributed by atoms with E-state index in [-0.39, 0.29) is 11.5 Å². The molecule has 4 N–H and O–H groups in total. The second kappa shape index (κ2) is 5.63. The Hall–Kier alpha value is -1.89. The molecule has 0 bridgehead atoms. The maximum Gasteiger partial charge on any atom is 0.311 e. The van der Waals surface area contributed by atoms with Crippen molar-refractivity contribution in [2.45, 2.75) is 25.3 Å². The van der Waals surface area contributed by atoms with Gasteiger partial charge in [-0.05, 0) is 25.5 Å². The third kappa shape index (κ3) is 3.07. The zero-order chi connectivity index (χ0) is 13.0. The molecule has 0 aliphatic carbocycles. The minimum atomic E-state index is -0.528. The van der Waals surface area contributed by atoms with Crippen molar-refractivity contribution in [3.8, 4) is 0 Å². The number of nitrogen functional groups attached to an aromatic ring is 1. The number of nitrogens with one attached hydrogen (secondary N) is 2. The van der Waals surface area contributed by atoms with Crippen LogP contribution in [-0.4, -0.2) is 29.0 Å². The first-order chi connectivity index (χ1) is 8.66. The highest BCUT2D eigenvalue weighted by atomic mass is 16.6. The number of hydrogen-bond donors (Lipinski definition) is 3. The zero-order valence-electron chi connectivity index (χ0n) is 10.1. The zero-order valence-corrected chi connectivity index (χ0v) is 10.1. The van der Waals surface area contributed by atoms with Crippen LogP contribution in [0.25, 0.3) is 0 Å². The lowest BCUT2D eigenvalue weighted by Gasteiger charge is -2.17. The van der Waals surface area contributed by atoms with Crippen LogP contribution < -0.4 is 16.4 Å². The molecule has 1 aliphatic rings. The molecular weight excluding hydrogens is 234 g/mol. The van der Waals surface area contributed by atoms with E-state index in [1.165, 1.54) is 12.5 Å². The number of nitrogens with two attached hydrogens (primary N) is 1. The van der Waals surface area contributed by atoms with Crippen LogP contribution in [0.15, 0.2) is 12.1 Å². The molecule has 0 amide bonds. The highest BCUT2D eigenvalue weighted by Gasteiger charge is 2.15. The van der Waals surface area contributed by atoms with Crippen LogP contribution >= 0.6 is 0 Å². The van der Waals surface area contributed by atoms with Gasteiger partial charge in [-0.25, -0.2) is 4.98 Å². The number of anilines is 2. The molecule has 1 aliphatic heterocycles. The Bertz CT molecular complexity index is 429. The molecule has 1 fully saturated rings. The van der Waals surface area contributed by atoms with Gasteiger partial charge in [-0.2, -0.15) is 0 Å². The Balaban J connectivity index is 2.05. The summed E-state index contributed by atoms with van der Waals surface area (Å²) in [6, 6.07) is 3.27. The SMILES string of the molecule is Nc1nc(NC2CCCCNC2)ccc1[N+](=O)[O-]. The second-order valence-electron chi connectivity index (χ2n) is 4.40. The molecular formula is C11H17N5O2. The van der Waals surface area contributed by atoms with Gasteiger partial charge in [0.2, 0.25) is 5.82 Å². The molecule has 2 rings (SSSR count). The van der Waals surface area contributed by atoms with Gasteiger partial charge in [-0.3, -0.25) is 10.1 Å². The fourth-order valence-corrected chi connectivity index (χ4v) is 2.05. The topological polar surface area (TPSA) is 106 Å². The van der Waals surface area contributed by atoms with Gasteiger partial charge in [-0.1, -0.05) is 6.42 Å². The maximum atomic E-state index is 10.6. The van der Waals surface area contributed by atoms with Gasteiger partial charge in [0.15, 0.2) is 0 Å².